The molecule has 1 heterocycles. The summed E-state index contributed by atoms with van der Waals surface area (Å²) in [4.78, 5) is 16.9. The Morgan fingerprint density at radius 3 is 2.45 bits per heavy atom. The molecule has 0 aliphatic heterocycles. The summed E-state index contributed by atoms with van der Waals surface area (Å²) in [6.07, 6.45) is 2.67. The van der Waals surface area contributed by atoms with Crippen LogP contribution in [0.5, 0.6) is 0 Å². The molecule has 5 heteroatoms. The summed E-state index contributed by atoms with van der Waals surface area (Å²) in [5, 5.41) is 6.06. The van der Waals surface area contributed by atoms with Crippen LogP contribution in [-0.2, 0) is 0 Å². The second-order valence-electron chi connectivity index (χ2n) is 7.60. The van der Waals surface area contributed by atoms with Crippen LogP contribution >= 0.6 is 15.9 Å². The van der Waals surface area contributed by atoms with Gasteiger partial charge in [0.15, 0.2) is 0 Å². The van der Waals surface area contributed by atoms with Gasteiger partial charge in [0.2, 0.25) is 0 Å². The van der Waals surface area contributed by atoms with Gasteiger partial charge in [-0.15, -0.1) is 0 Å². The molecule has 2 amide bonds. The number of nitrogens with zero attached hydrogens (tertiary/aromatic N) is 1. The summed E-state index contributed by atoms with van der Waals surface area (Å²) >= 11 is 3.51. The molecule has 2 N–H and O–H groups in total. The fraction of sp³-hybridized carbons (Fsp3) is 0.250. The maximum Gasteiger partial charge on any atom is 0.319 e. The molecule has 1 atom stereocenters. The van der Waals surface area contributed by atoms with Gasteiger partial charge >= 0.3 is 6.03 Å². The summed E-state index contributed by atoms with van der Waals surface area (Å²) in [6, 6.07) is 19.7. The first-order valence-electron chi connectivity index (χ1n) is 9.77. The number of aromatic nitrogens is 1. The van der Waals surface area contributed by atoms with E-state index >= 15 is 0 Å². The predicted octanol–water partition coefficient (Wildman–Crippen LogP) is 6.73. The van der Waals surface area contributed by atoms with Crippen molar-refractivity contribution in [1.29, 1.82) is 0 Å². The SMILES string of the molecule is Cc1cc(-c2ccc(NC(=O)NC(CC(C)C)c3cccc(Br)c3)cc2)ccn1. The Kier molecular flexibility index (Phi) is 7.04. The van der Waals surface area contributed by atoms with Crippen molar-refractivity contribution in [2.75, 3.05) is 5.32 Å². The van der Waals surface area contributed by atoms with E-state index in [1.807, 2.05) is 61.5 Å². The molecule has 3 rings (SSSR count). The summed E-state index contributed by atoms with van der Waals surface area (Å²) in [5.41, 5.74) is 5.03. The van der Waals surface area contributed by atoms with Crippen molar-refractivity contribution >= 4 is 27.6 Å². The number of halogens is 1. The van der Waals surface area contributed by atoms with Crippen LogP contribution < -0.4 is 10.6 Å². The van der Waals surface area contributed by atoms with E-state index in [-0.39, 0.29) is 12.1 Å². The molecule has 1 unspecified atom stereocenters. The molecule has 4 nitrogen and oxygen atoms in total. The van der Waals surface area contributed by atoms with Crippen LogP contribution in [0, 0.1) is 12.8 Å². The summed E-state index contributed by atoms with van der Waals surface area (Å²) < 4.78 is 1.01. The zero-order valence-electron chi connectivity index (χ0n) is 16.9. The molecular weight excluding hydrogens is 426 g/mol. The number of hydrogen-bond donors (Lipinski definition) is 2. The Hall–Kier alpha value is -2.66. The number of aryl methyl sites for hydroxylation is 1. The fourth-order valence-electron chi connectivity index (χ4n) is 3.27. The van der Waals surface area contributed by atoms with E-state index in [1.54, 1.807) is 6.20 Å². The van der Waals surface area contributed by atoms with Crippen molar-refractivity contribution in [3.8, 4) is 11.1 Å². The number of carbonyl (C=O) groups is 1. The highest BCUT2D eigenvalue weighted by Crippen LogP contribution is 2.25. The average Bonchev–Trinajstić information content (AvgIpc) is 2.68. The number of urea groups is 1. The van der Waals surface area contributed by atoms with Crippen LogP contribution in [0.1, 0.15) is 37.6 Å². The van der Waals surface area contributed by atoms with E-state index < -0.39 is 0 Å². The minimum Gasteiger partial charge on any atom is -0.331 e. The van der Waals surface area contributed by atoms with Crippen LogP contribution in [-0.4, -0.2) is 11.0 Å². The van der Waals surface area contributed by atoms with E-state index in [2.05, 4.69) is 51.5 Å². The minimum absolute atomic E-state index is 0.0495. The van der Waals surface area contributed by atoms with Crippen LogP contribution in [0.4, 0.5) is 10.5 Å². The molecule has 0 aliphatic rings. The lowest BCUT2D eigenvalue weighted by molar-refractivity contribution is 0.246. The summed E-state index contributed by atoms with van der Waals surface area (Å²) in [5.74, 6) is 0.461. The Morgan fingerprint density at radius 2 is 1.79 bits per heavy atom. The summed E-state index contributed by atoms with van der Waals surface area (Å²) in [7, 11) is 0. The van der Waals surface area contributed by atoms with Crippen molar-refractivity contribution in [2.45, 2.75) is 33.2 Å². The molecule has 2 aromatic carbocycles. The number of anilines is 1. The third-order valence-corrected chi connectivity index (χ3v) is 5.13. The molecule has 0 aliphatic carbocycles. The number of benzene rings is 2. The molecule has 0 saturated heterocycles. The first kappa shape index (κ1) is 21.1. The molecule has 150 valence electrons. The molecule has 0 spiro atoms. The Labute approximate surface area is 180 Å². The number of rotatable bonds is 6. The maximum atomic E-state index is 12.6. The van der Waals surface area contributed by atoms with E-state index in [0.29, 0.717) is 5.92 Å². The quantitative estimate of drug-likeness (QED) is 0.436. The van der Waals surface area contributed by atoms with Gasteiger partial charge in [0, 0.05) is 22.1 Å². The van der Waals surface area contributed by atoms with E-state index in [1.165, 1.54) is 0 Å². The second-order valence-corrected chi connectivity index (χ2v) is 8.51. The first-order valence-corrected chi connectivity index (χ1v) is 10.6. The third kappa shape index (κ3) is 6.16. The van der Waals surface area contributed by atoms with Crippen LogP contribution in [0.15, 0.2) is 71.3 Å². The second kappa shape index (κ2) is 9.70. The average molecular weight is 452 g/mol. The van der Waals surface area contributed by atoms with Gasteiger partial charge in [-0.3, -0.25) is 4.98 Å². The lowest BCUT2D eigenvalue weighted by Gasteiger charge is -2.22. The van der Waals surface area contributed by atoms with Gasteiger partial charge in [-0.05, 0) is 72.4 Å². The number of carbonyl (C=O) groups excluding carboxylic acids is 1. The van der Waals surface area contributed by atoms with Crippen LogP contribution in [0.2, 0.25) is 0 Å². The lowest BCUT2D eigenvalue weighted by Crippen LogP contribution is -2.33. The molecule has 0 bridgehead atoms. The topological polar surface area (TPSA) is 54.0 Å². The Balaban J connectivity index is 1.68. The normalized spacial score (nSPS) is 11.9. The van der Waals surface area contributed by atoms with Crippen molar-refractivity contribution in [3.05, 3.63) is 82.6 Å². The number of hydrogen-bond acceptors (Lipinski definition) is 2. The monoisotopic (exact) mass is 451 g/mol. The smallest absolute Gasteiger partial charge is 0.319 e. The molecule has 0 saturated carbocycles. The van der Waals surface area contributed by atoms with Crippen molar-refractivity contribution in [3.63, 3.8) is 0 Å². The van der Waals surface area contributed by atoms with Gasteiger partial charge in [-0.25, -0.2) is 4.79 Å². The Bertz CT molecular complexity index is 970. The number of amides is 2. The molecule has 1 aromatic heterocycles. The van der Waals surface area contributed by atoms with Crippen molar-refractivity contribution in [1.82, 2.24) is 10.3 Å². The van der Waals surface area contributed by atoms with Gasteiger partial charge in [0.05, 0.1) is 6.04 Å². The molecule has 29 heavy (non-hydrogen) atoms. The predicted molar refractivity (Wildman–Crippen MR) is 123 cm³/mol. The summed E-state index contributed by atoms with van der Waals surface area (Å²) in [6.45, 7) is 6.29. The van der Waals surface area contributed by atoms with Gasteiger partial charge < -0.3 is 10.6 Å². The van der Waals surface area contributed by atoms with Crippen molar-refractivity contribution < 1.29 is 4.79 Å². The molecule has 0 fully saturated rings. The van der Waals surface area contributed by atoms with Crippen LogP contribution in [0.3, 0.4) is 0 Å². The van der Waals surface area contributed by atoms with E-state index in [4.69, 9.17) is 0 Å². The lowest BCUT2D eigenvalue weighted by atomic mass is 9.97. The van der Waals surface area contributed by atoms with Crippen molar-refractivity contribution in [2.24, 2.45) is 5.92 Å². The number of pyridine rings is 1. The van der Waals surface area contributed by atoms with E-state index in [0.717, 1.165) is 39.0 Å². The molecule has 0 radical (unpaired) electrons. The standard InChI is InChI=1S/C24H26BrN3O/c1-16(2)13-23(20-5-4-6-21(25)15-20)28-24(29)27-22-9-7-18(8-10-22)19-11-12-26-17(3)14-19/h4-12,14-16,23H,13H2,1-3H3,(H2,27,28,29). The van der Waals surface area contributed by atoms with Gasteiger partial charge in [-0.1, -0.05) is 54.0 Å². The highest BCUT2D eigenvalue weighted by Gasteiger charge is 2.16. The highest BCUT2D eigenvalue weighted by molar-refractivity contribution is 9.10. The fourth-order valence-corrected chi connectivity index (χ4v) is 3.69. The van der Waals surface area contributed by atoms with Crippen LogP contribution in [0.25, 0.3) is 11.1 Å². The largest absolute Gasteiger partial charge is 0.331 e. The highest BCUT2D eigenvalue weighted by atomic mass is 79.9. The van der Waals surface area contributed by atoms with Gasteiger partial charge in [-0.2, -0.15) is 0 Å². The molecule has 3 aromatic rings. The van der Waals surface area contributed by atoms with E-state index in [9.17, 15) is 4.79 Å². The molecular formula is C24H26BrN3O. The first-order chi connectivity index (χ1) is 13.9. The zero-order valence-corrected chi connectivity index (χ0v) is 18.5. The minimum atomic E-state index is -0.205. The third-order valence-electron chi connectivity index (χ3n) is 4.64. The number of nitrogens with one attached hydrogen (secondary N) is 2. The Morgan fingerprint density at radius 1 is 1.03 bits per heavy atom. The maximum absolute atomic E-state index is 12.6. The van der Waals surface area contributed by atoms with Gasteiger partial charge in [0.25, 0.3) is 0 Å². The zero-order chi connectivity index (χ0) is 20.8. The van der Waals surface area contributed by atoms with Gasteiger partial charge in [0.1, 0.15) is 0 Å².